The second-order valence-corrected chi connectivity index (χ2v) is 6.37. The first-order chi connectivity index (χ1) is 8.65. The fourth-order valence-electron chi connectivity index (χ4n) is 2.55. The van der Waals surface area contributed by atoms with Gasteiger partial charge in [-0.3, -0.25) is 4.79 Å². The number of allylic oxidation sites excluding steroid dienone is 2. The molecule has 1 aromatic rings. The van der Waals surface area contributed by atoms with Gasteiger partial charge in [0.2, 0.25) is 0 Å². The number of ketones is 1. The zero-order valence-electron chi connectivity index (χ0n) is 11.2. The second kappa shape index (κ2) is 6.28. The molecule has 1 heterocycles. The summed E-state index contributed by atoms with van der Waals surface area (Å²) < 4.78 is 0. The Morgan fingerprint density at radius 3 is 3.06 bits per heavy atom. The number of aromatic nitrogens is 1. The Kier molecular flexibility index (Phi) is 4.70. The van der Waals surface area contributed by atoms with Gasteiger partial charge < -0.3 is 0 Å². The van der Waals surface area contributed by atoms with Crippen molar-refractivity contribution in [2.45, 2.75) is 46.0 Å². The molecule has 0 amide bonds. The first-order valence-corrected chi connectivity index (χ1v) is 7.63. The summed E-state index contributed by atoms with van der Waals surface area (Å²) in [6.07, 6.45) is 8.95. The number of carbonyl (C=O) groups excluding carboxylic acids is 1. The summed E-state index contributed by atoms with van der Waals surface area (Å²) in [7, 11) is 0. The maximum atomic E-state index is 12.0. The molecule has 0 saturated carbocycles. The third kappa shape index (κ3) is 3.77. The number of nitrogens with zero attached hydrogens (tertiary/aromatic N) is 1. The van der Waals surface area contributed by atoms with Crippen molar-refractivity contribution < 1.29 is 4.79 Å². The minimum atomic E-state index is 0.330. The van der Waals surface area contributed by atoms with Crippen LogP contribution in [0.25, 0.3) is 0 Å². The third-order valence-corrected chi connectivity index (χ3v) is 4.33. The summed E-state index contributed by atoms with van der Waals surface area (Å²) in [6.45, 7) is 4.48. The molecule has 1 atom stereocenters. The van der Waals surface area contributed by atoms with Crippen LogP contribution in [0, 0.1) is 11.8 Å². The fourth-order valence-corrected chi connectivity index (χ4v) is 3.20. The summed E-state index contributed by atoms with van der Waals surface area (Å²) in [6, 6.07) is 0. The van der Waals surface area contributed by atoms with Gasteiger partial charge in [-0.25, -0.2) is 4.98 Å². The summed E-state index contributed by atoms with van der Waals surface area (Å²) in [5.41, 5.74) is 1.54. The Balaban J connectivity index is 1.89. The van der Waals surface area contributed by atoms with E-state index in [1.165, 1.54) is 24.8 Å². The van der Waals surface area contributed by atoms with Crippen LogP contribution in [0.5, 0.6) is 0 Å². The minimum absolute atomic E-state index is 0.330. The van der Waals surface area contributed by atoms with Gasteiger partial charge in [-0.05, 0) is 31.1 Å². The predicted molar refractivity (Wildman–Crippen MR) is 75.7 cm³/mol. The number of carbonyl (C=O) groups is 1. The van der Waals surface area contributed by atoms with Crippen LogP contribution in [0.2, 0.25) is 0 Å². The van der Waals surface area contributed by atoms with Crippen molar-refractivity contribution in [2.75, 3.05) is 0 Å². The van der Waals surface area contributed by atoms with E-state index in [9.17, 15) is 4.79 Å². The lowest BCUT2D eigenvalue weighted by atomic mass is 9.83. The summed E-state index contributed by atoms with van der Waals surface area (Å²) >= 11 is 1.57. The molecule has 0 saturated heterocycles. The highest BCUT2D eigenvalue weighted by Crippen LogP contribution is 2.29. The molecule has 1 aromatic heterocycles. The van der Waals surface area contributed by atoms with E-state index < -0.39 is 0 Å². The smallest absolute Gasteiger partial charge is 0.140 e. The van der Waals surface area contributed by atoms with E-state index in [4.69, 9.17) is 0 Å². The molecular weight excluding hydrogens is 242 g/mol. The van der Waals surface area contributed by atoms with Gasteiger partial charge in [0.25, 0.3) is 0 Å². The Morgan fingerprint density at radius 1 is 1.56 bits per heavy atom. The van der Waals surface area contributed by atoms with Crippen LogP contribution in [0.15, 0.2) is 23.2 Å². The van der Waals surface area contributed by atoms with Crippen molar-refractivity contribution in [2.24, 2.45) is 11.8 Å². The molecule has 1 aliphatic rings. The van der Waals surface area contributed by atoms with Crippen LogP contribution in [0.4, 0.5) is 0 Å². The molecule has 2 nitrogen and oxygen atoms in total. The number of Topliss-reactive ketones (excluding diaryl/α,β-unsaturated/α-hetero) is 1. The number of thiazole rings is 1. The third-order valence-electron chi connectivity index (χ3n) is 3.55. The van der Waals surface area contributed by atoms with E-state index >= 15 is 0 Å². The van der Waals surface area contributed by atoms with Gasteiger partial charge in [0, 0.05) is 18.0 Å². The van der Waals surface area contributed by atoms with Crippen molar-refractivity contribution in [3.05, 3.63) is 28.2 Å². The Morgan fingerprint density at radius 2 is 2.39 bits per heavy atom. The van der Waals surface area contributed by atoms with Gasteiger partial charge in [-0.15, -0.1) is 11.3 Å². The molecule has 0 bridgehead atoms. The minimum Gasteiger partial charge on any atom is -0.299 e. The molecule has 3 heteroatoms. The highest BCUT2D eigenvalue weighted by molar-refractivity contribution is 7.09. The standard InChI is InChI=1S/C15H21NOS/c1-11(2)13-5-3-4-12(8-13)9-14(17)10-15-16-6-7-18-15/h6-8,11-12H,3-5,9-10H2,1-2H3/t12-/m1/s1. The molecule has 18 heavy (non-hydrogen) atoms. The van der Waals surface area contributed by atoms with Crippen LogP contribution in [0.1, 0.15) is 44.5 Å². The lowest BCUT2D eigenvalue weighted by molar-refractivity contribution is -0.119. The van der Waals surface area contributed by atoms with Gasteiger partial charge >= 0.3 is 0 Å². The van der Waals surface area contributed by atoms with Gasteiger partial charge in [0.05, 0.1) is 11.4 Å². The fraction of sp³-hybridized carbons (Fsp3) is 0.600. The van der Waals surface area contributed by atoms with E-state index in [-0.39, 0.29) is 0 Å². The predicted octanol–water partition coefficient (Wildman–Crippen LogP) is 4.03. The first kappa shape index (κ1) is 13.5. The van der Waals surface area contributed by atoms with E-state index in [2.05, 4.69) is 24.9 Å². The zero-order chi connectivity index (χ0) is 13.0. The van der Waals surface area contributed by atoms with Crippen LogP contribution >= 0.6 is 11.3 Å². The number of rotatable bonds is 5. The maximum absolute atomic E-state index is 12.0. The molecular formula is C15H21NOS. The maximum Gasteiger partial charge on any atom is 0.140 e. The first-order valence-electron chi connectivity index (χ1n) is 6.76. The van der Waals surface area contributed by atoms with Gasteiger partial charge in [0.15, 0.2) is 0 Å². The molecule has 0 spiro atoms. The average molecular weight is 263 g/mol. The van der Waals surface area contributed by atoms with Crippen LogP contribution in [-0.2, 0) is 11.2 Å². The Bertz CT molecular complexity index is 420. The van der Waals surface area contributed by atoms with Crippen molar-refractivity contribution in [3.63, 3.8) is 0 Å². The average Bonchev–Trinajstić information content (AvgIpc) is 2.82. The van der Waals surface area contributed by atoms with E-state index in [1.807, 2.05) is 5.38 Å². The topological polar surface area (TPSA) is 30.0 Å². The van der Waals surface area contributed by atoms with Crippen LogP contribution < -0.4 is 0 Å². The zero-order valence-corrected chi connectivity index (χ0v) is 12.0. The highest BCUT2D eigenvalue weighted by Gasteiger charge is 2.18. The monoisotopic (exact) mass is 263 g/mol. The number of hydrogen-bond acceptors (Lipinski definition) is 3. The lowest BCUT2D eigenvalue weighted by Gasteiger charge is -2.22. The van der Waals surface area contributed by atoms with Crippen LogP contribution in [0.3, 0.4) is 0 Å². The summed E-state index contributed by atoms with van der Waals surface area (Å²) in [5, 5.41) is 2.88. The van der Waals surface area contributed by atoms with Gasteiger partial charge in [-0.1, -0.05) is 25.5 Å². The van der Waals surface area contributed by atoms with Crippen molar-refractivity contribution in [1.82, 2.24) is 4.98 Å². The van der Waals surface area contributed by atoms with E-state index in [1.54, 1.807) is 17.5 Å². The SMILES string of the molecule is CC(C)C1=C[C@H](CC(=O)Cc2nccs2)CCC1. The molecule has 0 N–H and O–H groups in total. The summed E-state index contributed by atoms with van der Waals surface area (Å²) in [5.74, 6) is 1.42. The van der Waals surface area contributed by atoms with E-state index in [0.29, 0.717) is 30.5 Å². The van der Waals surface area contributed by atoms with Crippen molar-refractivity contribution in [1.29, 1.82) is 0 Å². The van der Waals surface area contributed by atoms with Crippen molar-refractivity contribution >= 4 is 17.1 Å². The Labute approximate surface area is 113 Å². The van der Waals surface area contributed by atoms with E-state index in [0.717, 1.165) is 5.01 Å². The van der Waals surface area contributed by atoms with Crippen LogP contribution in [-0.4, -0.2) is 10.8 Å². The Hall–Kier alpha value is -0.960. The lowest BCUT2D eigenvalue weighted by Crippen LogP contribution is -2.13. The quantitative estimate of drug-likeness (QED) is 0.751. The molecule has 1 aliphatic carbocycles. The molecule has 98 valence electrons. The summed E-state index contributed by atoms with van der Waals surface area (Å²) in [4.78, 5) is 16.2. The van der Waals surface area contributed by atoms with Gasteiger partial charge in [-0.2, -0.15) is 0 Å². The molecule has 0 unspecified atom stereocenters. The second-order valence-electron chi connectivity index (χ2n) is 5.39. The highest BCUT2D eigenvalue weighted by atomic mass is 32.1. The van der Waals surface area contributed by atoms with Gasteiger partial charge in [0.1, 0.15) is 5.78 Å². The normalized spacial score (nSPS) is 19.9. The molecule has 2 rings (SSSR count). The van der Waals surface area contributed by atoms with Crippen molar-refractivity contribution in [3.8, 4) is 0 Å². The molecule has 0 aliphatic heterocycles. The number of hydrogen-bond donors (Lipinski definition) is 0. The molecule has 0 radical (unpaired) electrons. The molecule has 0 aromatic carbocycles. The largest absolute Gasteiger partial charge is 0.299 e. The molecule has 0 fully saturated rings.